The maximum absolute atomic E-state index is 12.7. The Morgan fingerprint density at radius 3 is 2.67 bits per heavy atom. The highest BCUT2D eigenvalue weighted by atomic mass is 16.5. The zero-order chi connectivity index (χ0) is 17.5. The number of aryl methyl sites for hydroxylation is 2. The zero-order valence-corrected chi connectivity index (χ0v) is 14.5. The third-order valence-electron chi connectivity index (χ3n) is 3.91. The molecular weight excluding hydrogens is 306 g/mol. The molecule has 0 bridgehead atoms. The van der Waals surface area contributed by atoms with Crippen molar-refractivity contribution in [2.75, 3.05) is 11.9 Å². The van der Waals surface area contributed by atoms with E-state index < -0.39 is 6.10 Å². The fourth-order valence-electron chi connectivity index (χ4n) is 2.41. The van der Waals surface area contributed by atoms with Gasteiger partial charge >= 0.3 is 6.03 Å². The predicted molar refractivity (Wildman–Crippen MR) is 92.8 cm³/mol. The third-order valence-corrected chi connectivity index (χ3v) is 3.91. The molecule has 2 aromatic rings. The topological polar surface area (TPSA) is 78.6 Å². The van der Waals surface area contributed by atoms with Crippen molar-refractivity contribution < 1.29 is 14.4 Å². The maximum Gasteiger partial charge on any atom is 0.322 e. The molecule has 0 aliphatic rings. The van der Waals surface area contributed by atoms with Crippen LogP contribution in [0.5, 0.6) is 0 Å². The van der Waals surface area contributed by atoms with Crippen molar-refractivity contribution in [1.82, 2.24) is 10.1 Å². The van der Waals surface area contributed by atoms with Crippen molar-refractivity contribution in [3.05, 3.63) is 47.3 Å². The Morgan fingerprint density at radius 1 is 1.33 bits per heavy atom. The van der Waals surface area contributed by atoms with Gasteiger partial charge in [-0.25, -0.2) is 4.79 Å². The van der Waals surface area contributed by atoms with Gasteiger partial charge in [0.15, 0.2) is 5.76 Å². The van der Waals surface area contributed by atoms with E-state index in [1.165, 1.54) is 0 Å². The molecule has 130 valence electrons. The third kappa shape index (κ3) is 4.58. The van der Waals surface area contributed by atoms with Crippen LogP contribution in [0, 0.1) is 6.92 Å². The lowest BCUT2D eigenvalue weighted by atomic mass is 10.2. The van der Waals surface area contributed by atoms with E-state index in [0.717, 1.165) is 11.3 Å². The summed E-state index contributed by atoms with van der Waals surface area (Å²) < 4.78 is 5.16. The van der Waals surface area contributed by atoms with Crippen molar-refractivity contribution in [1.29, 1.82) is 0 Å². The number of hydrogen-bond acceptors (Lipinski definition) is 4. The SMILES string of the molecule is CCc1noc(C)c1NC(=O)N(Cc1ccccc1)CC(O)CC. The Hall–Kier alpha value is -2.34. The lowest BCUT2D eigenvalue weighted by molar-refractivity contribution is 0.119. The van der Waals surface area contributed by atoms with Crippen LogP contribution in [0.1, 0.15) is 37.3 Å². The second kappa shape index (κ2) is 8.49. The summed E-state index contributed by atoms with van der Waals surface area (Å²) in [5, 5.41) is 16.8. The summed E-state index contributed by atoms with van der Waals surface area (Å²) in [4.78, 5) is 14.3. The van der Waals surface area contributed by atoms with Crippen molar-refractivity contribution in [3.8, 4) is 0 Å². The number of carbonyl (C=O) groups excluding carboxylic acids is 1. The van der Waals surface area contributed by atoms with Crippen LogP contribution in [-0.2, 0) is 13.0 Å². The summed E-state index contributed by atoms with van der Waals surface area (Å²) in [6, 6.07) is 9.44. The lowest BCUT2D eigenvalue weighted by Crippen LogP contribution is -2.39. The number of nitrogens with zero attached hydrogens (tertiary/aromatic N) is 2. The minimum atomic E-state index is -0.561. The van der Waals surface area contributed by atoms with Gasteiger partial charge in [0.05, 0.1) is 6.10 Å². The molecule has 1 aromatic carbocycles. The normalized spacial score (nSPS) is 12.0. The lowest BCUT2D eigenvalue weighted by Gasteiger charge is -2.25. The minimum absolute atomic E-state index is 0.267. The molecule has 0 saturated carbocycles. The molecule has 1 aromatic heterocycles. The first kappa shape index (κ1) is 18.0. The second-order valence-corrected chi connectivity index (χ2v) is 5.77. The molecule has 0 aliphatic carbocycles. The van der Waals surface area contributed by atoms with Crippen molar-refractivity contribution in [3.63, 3.8) is 0 Å². The Kier molecular flexibility index (Phi) is 6.37. The molecule has 2 amide bonds. The summed E-state index contributed by atoms with van der Waals surface area (Å²) >= 11 is 0. The molecule has 1 atom stereocenters. The van der Waals surface area contributed by atoms with Gasteiger partial charge < -0.3 is 19.8 Å². The molecular formula is C18H25N3O3. The van der Waals surface area contributed by atoms with Gasteiger partial charge in [-0.1, -0.05) is 49.3 Å². The van der Waals surface area contributed by atoms with Gasteiger partial charge in [0, 0.05) is 13.1 Å². The molecule has 0 spiro atoms. The van der Waals surface area contributed by atoms with E-state index in [-0.39, 0.29) is 12.6 Å². The standard InChI is InChI=1S/C18H25N3O3/c1-4-15(22)12-21(11-14-9-7-6-8-10-14)18(23)19-17-13(3)24-20-16(17)5-2/h6-10,15,22H,4-5,11-12H2,1-3H3,(H,19,23). The quantitative estimate of drug-likeness (QED) is 0.815. The van der Waals surface area contributed by atoms with E-state index in [1.807, 2.05) is 44.2 Å². The highest BCUT2D eigenvalue weighted by Gasteiger charge is 2.21. The molecule has 2 N–H and O–H groups in total. The summed E-state index contributed by atoms with van der Waals surface area (Å²) in [6.07, 6.45) is 0.697. The average molecular weight is 331 g/mol. The molecule has 24 heavy (non-hydrogen) atoms. The average Bonchev–Trinajstić information content (AvgIpc) is 2.95. The molecule has 0 radical (unpaired) electrons. The number of urea groups is 1. The van der Waals surface area contributed by atoms with Gasteiger partial charge in [-0.2, -0.15) is 0 Å². The van der Waals surface area contributed by atoms with Crippen molar-refractivity contribution in [2.24, 2.45) is 0 Å². The smallest absolute Gasteiger partial charge is 0.322 e. The fourth-order valence-corrected chi connectivity index (χ4v) is 2.41. The van der Waals surface area contributed by atoms with Crippen LogP contribution in [0.2, 0.25) is 0 Å². The molecule has 1 heterocycles. The van der Waals surface area contributed by atoms with E-state index >= 15 is 0 Å². The monoisotopic (exact) mass is 331 g/mol. The first-order chi connectivity index (χ1) is 11.5. The van der Waals surface area contributed by atoms with Gasteiger partial charge in [-0.3, -0.25) is 0 Å². The van der Waals surface area contributed by atoms with Crippen LogP contribution >= 0.6 is 0 Å². The van der Waals surface area contributed by atoms with Crippen LogP contribution in [0.4, 0.5) is 10.5 Å². The number of amides is 2. The largest absolute Gasteiger partial charge is 0.391 e. The number of aliphatic hydroxyl groups excluding tert-OH is 1. The van der Waals surface area contributed by atoms with Crippen LogP contribution in [0.3, 0.4) is 0 Å². The number of hydrogen-bond donors (Lipinski definition) is 2. The molecule has 1 unspecified atom stereocenters. The van der Waals surface area contributed by atoms with Crippen LogP contribution in [-0.4, -0.2) is 33.8 Å². The first-order valence-electron chi connectivity index (χ1n) is 8.28. The summed E-state index contributed by atoms with van der Waals surface area (Å²) in [5.41, 5.74) is 2.34. The van der Waals surface area contributed by atoms with E-state index in [2.05, 4.69) is 10.5 Å². The highest BCUT2D eigenvalue weighted by molar-refractivity contribution is 5.90. The van der Waals surface area contributed by atoms with Gasteiger partial charge in [-0.05, 0) is 25.3 Å². The Morgan fingerprint density at radius 2 is 2.04 bits per heavy atom. The predicted octanol–water partition coefficient (Wildman–Crippen LogP) is 3.35. The molecule has 6 heteroatoms. The molecule has 0 fully saturated rings. The Bertz CT molecular complexity index is 655. The van der Waals surface area contributed by atoms with Gasteiger partial charge in [-0.15, -0.1) is 0 Å². The number of nitrogens with one attached hydrogen (secondary N) is 1. The fraction of sp³-hybridized carbons (Fsp3) is 0.444. The van der Waals surface area contributed by atoms with Crippen molar-refractivity contribution in [2.45, 2.75) is 46.3 Å². The maximum atomic E-state index is 12.7. The Balaban J connectivity index is 2.15. The van der Waals surface area contributed by atoms with E-state index in [1.54, 1.807) is 11.8 Å². The van der Waals surface area contributed by atoms with E-state index in [9.17, 15) is 9.90 Å². The summed E-state index contributed by atoms with van der Waals surface area (Å²) in [7, 11) is 0. The Labute approximate surface area is 142 Å². The minimum Gasteiger partial charge on any atom is -0.391 e. The van der Waals surface area contributed by atoms with Gasteiger partial charge in [0.25, 0.3) is 0 Å². The number of carbonyl (C=O) groups is 1. The number of aliphatic hydroxyl groups is 1. The molecule has 0 aliphatic heterocycles. The zero-order valence-electron chi connectivity index (χ0n) is 14.5. The van der Waals surface area contributed by atoms with E-state index in [0.29, 0.717) is 30.8 Å². The van der Waals surface area contributed by atoms with Gasteiger partial charge in [0.1, 0.15) is 11.4 Å². The number of anilines is 1. The number of benzene rings is 1. The molecule has 6 nitrogen and oxygen atoms in total. The summed E-state index contributed by atoms with van der Waals surface area (Å²) in [6.45, 7) is 6.31. The van der Waals surface area contributed by atoms with Crippen molar-refractivity contribution >= 4 is 11.7 Å². The summed E-state index contributed by atoms with van der Waals surface area (Å²) in [5.74, 6) is 0.580. The van der Waals surface area contributed by atoms with Crippen LogP contribution < -0.4 is 5.32 Å². The van der Waals surface area contributed by atoms with Gasteiger partial charge in [0.2, 0.25) is 0 Å². The molecule has 0 saturated heterocycles. The highest BCUT2D eigenvalue weighted by Crippen LogP contribution is 2.21. The van der Waals surface area contributed by atoms with Crippen LogP contribution in [0.15, 0.2) is 34.9 Å². The van der Waals surface area contributed by atoms with E-state index in [4.69, 9.17) is 4.52 Å². The second-order valence-electron chi connectivity index (χ2n) is 5.77. The number of rotatable bonds is 7. The first-order valence-corrected chi connectivity index (χ1v) is 8.28. The molecule has 2 rings (SSSR count). The number of aromatic nitrogens is 1. The van der Waals surface area contributed by atoms with Crippen LogP contribution in [0.25, 0.3) is 0 Å².